The first kappa shape index (κ1) is 14.5. The van der Waals surface area contributed by atoms with Crippen molar-refractivity contribution in [3.8, 4) is 0 Å². The Hall–Kier alpha value is -1.88. The molecule has 0 radical (unpaired) electrons. The molecule has 1 atom stereocenters. The normalized spacial score (nSPS) is 12.6. The van der Waals surface area contributed by atoms with Crippen LogP contribution in [-0.4, -0.2) is 35.7 Å². The highest BCUT2D eigenvalue weighted by molar-refractivity contribution is 5.93. The molecule has 0 fully saturated rings. The van der Waals surface area contributed by atoms with Crippen LogP contribution < -0.4 is 4.90 Å². The summed E-state index contributed by atoms with van der Waals surface area (Å²) in [6, 6.07) is 7.86. The lowest BCUT2D eigenvalue weighted by atomic mass is 10.2. The van der Waals surface area contributed by atoms with E-state index in [1.807, 2.05) is 42.8 Å². The molecule has 1 aromatic heterocycles. The molecular formula is C15H21N3O2. The summed E-state index contributed by atoms with van der Waals surface area (Å²) in [6.45, 7) is 1.96. The number of benzene rings is 1. The predicted molar refractivity (Wildman–Crippen MR) is 79.8 cm³/mol. The van der Waals surface area contributed by atoms with Gasteiger partial charge in [-0.2, -0.15) is 0 Å². The first-order chi connectivity index (χ1) is 9.54. The molecule has 2 aromatic rings. The van der Waals surface area contributed by atoms with Crippen molar-refractivity contribution >= 4 is 22.9 Å². The molecule has 20 heavy (non-hydrogen) atoms. The number of carbonyl (C=O) groups is 1. The molecule has 5 nitrogen and oxygen atoms in total. The number of para-hydroxylation sites is 2. The SMILES string of the molecule is COC(C)CCC(=O)N(C)c1nc2ccccc2n1C. The Balaban J connectivity index is 2.16. The summed E-state index contributed by atoms with van der Waals surface area (Å²) < 4.78 is 7.10. The summed E-state index contributed by atoms with van der Waals surface area (Å²) in [4.78, 5) is 18.3. The fourth-order valence-corrected chi connectivity index (χ4v) is 2.16. The van der Waals surface area contributed by atoms with E-state index < -0.39 is 0 Å². The Kier molecular flexibility index (Phi) is 4.39. The molecule has 1 heterocycles. The van der Waals surface area contributed by atoms with Crippen molar-refractivity contribution in [1.29, 1.82) is 0 Å². The number of imidazole rings is 1. The lowest BCUT2D eigenvalue weighted by Gasteiger charge is -2.17. The fourth-order valence-electron chi connectivity index (χ4n) is 2.16. The molecule has 0 saturated carbocycles. The molecule has 1 unspecified atom stereocenters. The topological polar surface area (TPSA) is 47.4 Å². The van der Waals surface area contributed by atoms with Gasteiger partial charge >= 0.3 is 0 Å². The van der Waals surface area contributed by atoms with Crippen LogP contribution in [0.15, 0.2) is 24.3 Å². The second-order valence-electron chi connectivity index (χ2n) is 5.00. The van der Waals surface area contributed by atoms with Crippen LogP contribution in [0.1, 0.15) is 19.8 Å². The summed E-state index contributed by atoms with van der Waals surface area (Å²) >= 11 is 0. The van der Waals surface area contributed by atoms with Gasteiger partial charge in [0.05, 0.1) is 17.1 Å². The van der Waals surface area contributed by atoms with Crippen molar-refractivity contribution in [1.82, 2.24) is 9.55 Å². The van der Waals surface area contributed by atoms with Crippen molar-refractivity contribution in [2.45, 2.75) is 25.9 Å². The third-order valence-corrected chi connectivity index (χ3v) is 3.60. The van der Waals surface area contributed by atoms with Crippen LogP contribution in [0.2, 0.25) is 0 Å². The third-order valence-electron chi connectivity index (χ3n) is 3.60. The molecule has 1 amide bonds. The molecule has 0 aliphatic rings. The number of methoxy groups -OCH3 is 1. The number of nitrogens with zero attached hydrogens (tertiary/aromatic N) is 3. The van der Waals surface area contributed by atoms with Gasteiger partial charge in [-0.05, 0) is 25.5 Å². The van der Waals surface area contributed by atoms with E-state index in [4.69, 9.17) is 4.74 Å². The second kappa shape index (κ2) is 6.05. The minimum Gasteiger partial charge on any atom is -0.382 e. The lowest BCUT2D eigenvalue weighted by Crippen LogP contribution is -2.29. The van der Waals surface area contributed by atoms with Gasteiger partial charge in [0.2, 0.25) is 11.9 Å². The molecule has 108 valence electrons. The highest BCUT2D eigenvalue weighted by atomic mass is 16.5. The van der Waals surface area contributed by atoms with Crippen LogP contribution in [0.5, 0.6) is 0 Å². The minimum atomic E-state index is 0.0484. The molecule has 5 heteroatoms. The number of hydrogen-bond acceptors (Lipinski definition) is 3. The van der Waals surface area contributed by atoms with E-state index in [2.05, 4.69) is 4.98 Å². The summed E-state index contributed by atoms with van der Waals surface area (Å²) in [6.07, 6.45) is 1.26. The second-order valence-corrected chi connectivity index (χ2v) is 5.00. The molecule has 0 N–H and O–H groups in total. The predicted octanol–water partition coefficient (Wildman–Crippen LogP) is 2.35. The average Bonchev–Trinajstić information content (AvgIpc) is 2.81. The van der Waals surface area contributed by atoms with E-state index in [1.165, 1.54) is 0 Å². The molecule has 1 aromatic carbocycles. The number of hydrogen-bond donors (Lipinski definition) is 0. The Bertz CT molecular complexity index is 606. The highest BCUT2D eigenvalue weighted by Crippen LogP contribution is 2.20. The zero-order valence-electron chi connectivity index (χ0n) is 12.5. The number of aryl methyl sites for hydroxylation is 1. The molecule has 0 saturated heterocycles. The van der Waals surface area contributed by atoms with E-state index >= 15 is 0 Å². The minimum absolute atomic E-state index is 0.0484. The maximum absolute atomic E-state index is 12.2. The van der Waals surface area contributed by atoms with Crippen LogP contribution in [0, 0.1) is 0 Å². The Labute approximate surface area is 119 Å². The third kappa shape index (κ3) is 2.82. The van der Waals surface area contributed by atoms with Gasteiger partial charge in [-0.25, -0.2) is 4.98 Å². The van der Waals surface area contributed by atoms with Gasteiger partial charge in [0.15, 0.2) is 0 Å². The van der Waals surface area contributed by atoms with Crippen LogP contribution >= 0.6 is 0 Å². The monoisotopic (exact) mass is 275 g/mol. The van der Waals surface area contributed by atoms with Crippen molar-refractivity contribution in [3.05, 3.63) is 24.3 Å². The number of anilines is 1. The highest BCUT2D eigenvalue weighted by Gasteiger charge is 2.17. The Morgan fingerprint density at radius 3 is 2.80 bits per heavy atom. The lowest BCUT2D eigenvalue weighted by molar-refractivity contribution is -0.119. The summed E-state index contributed by atoms with van der Waals surface area (Å²) in [5, 5.41) is 0. The first-order valence-electron chi connectivity index (χ1n) is 6.75. The van der Waals surface area contributed by atoms with Gasteiger partial charge < -0.3 is 9.30 Å². The number of amides is 1. The molecule has 2 rings (SSSR count). The zero-order valence-corrected chi connectivity index (χ0v) is 12.5. The Morgan fingerprint density at radius 1 is 1.45 bits per heavy atom. The van der Waals surface area contributed by atoms with Crippen LogP contribution in [0.3, 0.4) is 0 Å². The summed E-state index contributed by atoms with van der Waals surface area (Å²) in [5.74, 6) is 0.716. The van der Waals surface area contributed by atoms with E-state index in [-0.39, 0.29) is 12.0 Å². The van der Waals surface area contributed by atoms with E-state index in [0.717, 1.165) is 11.0 Å². The van der Waals surface area contributed by atoms with Crippen LogP contribution in [0.25, 0.3) is 11.0 Å². The molecule has 0 aliphatic heterocycles. The first-order valence-corrected chi connectivity index (χ1v) is 6.75. The number of aromatic nitrogens is 2. The quantitative estimate of drug-likeness (QED) is 0.841. The summed E-state index contributed by atoms with van der Waals surface area (Å²) in [7, 11) is 5.34. The van der Waals surface area contributed by atoms with Crippen molar-refractivity contribution in [2.75, 3.05) is 19.1 Å². The molecule has 0 spiro atoms. The van der Waals surface area contributed by atoms with Crippen molar-refractivity contribution in [3.63, 3.8) is 0 Å². The van der Waals surface area contributed by atoms with Gasteiger partial charge in [-0.15, -0.1) is 0 Å². The molecule has 0 aliphatic carbocycles. The van der Waals surface area contributed by atoms with Gasteiger partial charge in [0.1, 0.15) is 0 Å². The number of ether oxygens (including phenoxy) is 1. The molecular weight excluding hydrogens is 254 g/mol. The van der Waals surface area contributed by atoms with Gasteiger partial charge in [0, 0.05) is 27.6 Å². The number of carbonyl (C=O) groups excluding carboxylic acids is 1. The number of rotatable bonds is 5. The van der Waals surface area contributed by atoms with Crippen molar-refractivity contribution in [2.24, 2.45) is 7.05 Å². The smallest absolute Gasteiger partial charge is 0.229 e. The van der Waals surface area contributed by atoms with Crippen LogP contribution in [-0.2, 0) is 16.6 Å². The van der Waals surface area contributed by atoms with Gasteiger partial charge in [-0.3, -0.25) is 9.69 Å². The van der Waals surface area contributed by atoms with Crippen LogP contribution in [0.4, 0.5) is 5.95 Å². The fraction of sp³-hybridized carbons (Fsp3) is 0.467. The van der Waals surface area contributed by atoms with E-state index in [9.17, 15) is 4.79 Å². The van der Waals surface area contributed by atoms with E-state index in [1.54, 1.807) is 19.1 Å². The zero-order chi connectivity index (χ0) is 14.7. The maximum atomic E-state index is 12.2. The van der Waals surface area contributed by atoms with Gasteiger partial charge in [0.25, 0.3) is 0 Å². The van der Waals surface area contributed by atoms with E-state index in [0.29, 0.717) is 18.8 Å². The molecule has 0 bridgehead atoms. The largest absolute Gasteiger partial charge is 0.382 e. The average molecular weight is 275 g/mol. The van der Waals surface area contributed by atoms with Crippen molar-refractivity contribution < 1.29 is 9.53 Å². The van der Waals surface area contributed by atoms with Gasteiger partial charge in [-0.1, -0.05) is 12.1 Å². The standard InChI is InChI=1S/C15H21N3O2/c1-11(20-4)9-10-14(19)18(3)15-16-12-7-5-6-8-13(12)17(15)2/h5-8,11H,9-10H2,1-4H3. The maximum Gasteiger partial charge on any atom is 0.229 e. The number of fused-ring (bicyclic) bond motifs is 1. The summed E-state index contributed by atoms with van der Waals surface area (Å²) in [5.41, 5.74) is 1.92. The Morgan fingerprint density at radius 2 is 2.15 bits per heavy atom.